The van der Waals surface area contributed by atoms with Crippen molar-refractivity contribution in [2.24, 2.45) is 7.05 Å². The highest BCUT2D eigenvalue weighted by molar-refractivity contribution is 5.42. The van der Waals surface area contributed by atoms with Crippen LogP contribution < -0.4 is 4.74 Å². The minimum Gasteiger partial charge on any atom is -0.496 e. The molecule has 4 nitrogen and oxygen atoms in total. The van der Waals surface area contributed by atoms with Crippen molar-refractivity contribution in [3.63, 3.8) is 0 Å². The molecule has 0 aliphatic rings. The van der Waals surface area contributed by atoms with Gasteiger partial charge in [0.25, 0.3) is 0 Å². The Morgan fingerprint density at radius 3 is 2.79 bits per heavy atom. The van der Waals surface area contributed by atoms with Gasteiger partial charge in [-0.15, -0.1) is 0 Å². The van der Waals surface area contributed by atoms with Gasteiger partial charge < -0.3 is 9.30 Å². The molecule has 1 aromatic carbocycles. The van der Waals surface area contributed by atoms with Crippen LogP contribution in [0.5, 0.6) is 5.75 Å². The molecule has 0 aliphatic carbocycles. The zero-order valence-electron chi connectivity index (χ0n) is 11.4. The molecule has 2 aromatic rings. The highest BCUT2D eigenvalue weighted by Gasteiger charge is 2.18. The molecule has 0 aliphatic heterocycles. The summed E-state index contributed by atoms with van der Waals surface area (Å²) < 4.78 is 7.19. The van der Waals surface area contributed by atoms with E-state index >= 15 is 0 Å². The molecule has 1 heterocycles. The first kappa shape index (κ1) is 13.2. The summed E-state index contributed by atoms with van der Waals surface area (Å²) in [5.41, 5.74) is 2.06. The minimum absolute atomic E-state index is 0.351. The van der Waals surface area contributed by atoms with Crippen molar-refractivity contribution in [2.75, 3.05) is 7.11 Å². The number of aryl methyl sites for hydroxylation is 2. The summed E-state index contributed by atoms with van der Waals surface area (Å²) in [7, 11) is 3.56. The third kappa shape index (κ3) is 2.45. The molecular formula is C15H17N3O. The summed E-state index contributed by atoms with van der Waals surface area (Å²) in [6.07, 6.45) is 4.43. The van der Waals surface area contributed by atoms with Gasteiger partial charge in [0, 0.05) is 19.4 Å². The van der Waals surface area contributed by atoms with E-state index in [4.69, 9.17) is 4.74 Å². The molecule has 0 spiro atoms. The molecule has 2 rings (SSSR count). The molecule has 98 valence electrons. The lowest BCUT2D eigenvalue weighted by molar-refractivity contribution is 0.410. The molecule has 1 unspecified atom stereocenters. The molecule has 1 aromatic heterocycles. The Hall–Kier alpha value is -2.28. The Kier molecular flexibility index (Phi) is 3.86. The van der Waals surface area contributed by atoms with Crippen LogP contribution in [0.25, 0.3) is 0 Å². The minimum atomic E-state index is -0.351. The van der Waals surface area contributed by atoms with E-state index in [0.29, 0.717) is 0 Å². The summed E-state index contributed by atoms with van der Waals surface area (Å²) in [6.45, 7) is 2.07. The highest BCUT2D eigenvalue weighted by Crippen LogP contribution is 2.27. The Labute approximate surface area is 113 Å². The van der Waals surface area contributed by atoms with Crippen LogP contribution in [0.4, 0.5) is 0 Å². The molecule has 4 heteroatoms. The summed E-state index contributed by atoms with van der Waals surface area (Å²) in [4.78, 5) is 4.27. The fraction of sp³-hybridized carbons (Fsp3) is 0.333. The van der Waals surface area contributed by atoms with Gasteiger partial charge in [0.15, 0.2) is 0 Å². The predicted molar refractivity (Wildman–Crippen MR) is 73.0 cm³/mol. The first-order valence-corrected chi connectivity index (χ1v) is 6.24. The molecule has 19 heavy (non-hydrogen) atoms. The second-order valence-corrected chi connectivity index (χ2v) is 4.38. The number of imidazole rings is 1. The van der Waals surface area contributed by atoms with Crippen molar-refractivity contribution in [1.29, 1.82) is 5.26 Å². The number of aromatic nitrogens is 2. The maximum absolute atomic E-state index is 9.43. The number of methoxy groups -OCH3 is 1. The van der Waals surface area contributed by atoms with E-state index in [1.165, 1.54) is 0 Å². The van der Waals surface area contributed by atoms with Crippen LogP contribution in [0.15, 0.2) is 30.6 Å². The van der Waals surface area contributed by atoms with Gasteiger partial charge in [-0.3, -0.25) is 0 Å². The number of benzene rings is 1. The number of hydrogen-bond donors (Lipinski definition) is 0. The van der Waals surface area contributed by atoms with Gasteiger partial charge in [0.1, 0.15) is 17.5 Å². The standard InChI is InChI=1S/C15H17N3O/c1-4-11-9-12(5-6-14(11)19-3)13(10-16)15-17-7-8-18(15)2/h5-9,13H,4H2,1-3H3. The van der Waals surface area contributed by atoms with Crippen LogP contribution in [-0.2, 0) is 13.5 Å². The molecular weight excluding hydrogens is 238 g/mol. The van der Waals surface area contributed by atoms with Crippen molar-refractivity contribution >= 4 is 0 Å². The van der Waals surface area contributed by atoms with E-state index < -0.39 is 0 Å². The normalized spacial score (nSPS) is 11.9. The number of nitriles is 1. The SMILES string of the molecule is CCc1cc(C(C#N)c2nccn2C)ccc1OC. The van der Waals surface area contributed by atoms with Gasteiger partial charge in [0.05, 0.1) is 13.2 Å². The summed E-state index contributed by atoms with van der Waals surface area (Å²) >= 11 is 0. The van der Waals surface area contributed by atoms with Crippen molar-refractivity contribution < 1.29 is 4.74 Å². The lowest BCUT2D eigenvalue weighted by Gasteiger charge is -2.13. The third-order valence-corrected chi connectivity index (χ3v) is 3.26. The average Bonchev–Trinajstić information content (AvgIpc) is 2.86. The van der Waals surface area contributed by atoms with Crippen molar-refractivity contribution in [1.82, 2.24) is 9.55 Å². The van der Waals surface area contributed by atoms with E-state index in [-0.39, 0.29) is 5.92 Å². The van der Waals surface area contributed by atoms with Crippen LogP contribution in [0.1, 0.15) is 29.8 Å². The van der Waals surface area contributed by atoms with Crippen molar-refractivity contribution in [3.05, 3.63) is 47.5 Å². The monoisotopic (exact) mass is 255 g/mol. The predicted octanol–water partition coefficient (Wildman–Crippen LogP) is 2.65. The zero-order valence-corrected chi connectivity index (χ0v) is 11.4. The summed E-state index contributed by atoms with van der Waals surface area (Å²) in [5.74, 6) is 1.27. The molecule has 0 radical (unpaired) electrons. The van der Waals surface area contributed by atoms with E-state index in [0.717, 1.165) is 29.1 Å². The van der Waals surface area contributed by atoms with E-state index in [2.05, 4.69) is 18.0 Å². The number of hydrogen-bond acceptors (Lipinski definition) is 3. The third-order valence-electron chi connectivity index (χ3n) is 3.26. The van der Waals surface area contributed by atoms with Crippen molar-refractivity contribution in [3.8, 4) is 11.8 Å². The van der Waals surface area contributed by atoms with E-state index in [9.17, 15) is 5.26 Å². The fourth-order valence-electron chi connectivity index (χ4n) is 2.19. The van der Waals surface area contributed by atoms with Crippen LogP contribution in [0.2, 0.25) is 0 Å². The van der Waals surface area contributed by atoms with E-state index in [1.54, 1.807) is 13.3 Å². The van der Waals surface area contributed by atoms with Gasteiger partial charge in [-0.05, 0) is 23.6 Å². The maximum Gasteiger partial charge on any atom is 0.130 e. The molecule has 0 saturated heterocycles. The quantitative estimate of drug-likeness (QED) is 0.844. The van der Waals surface area contributed by atoms with Gasteiger partial charge >= 0.3 is 0 Å². The molecule has 0 bridgehead atoms. The second kappa shape index (κ2) is 5.57. The number of nitrogens with zero attached hydrogens (tertiary/aromatic N) is 3. The van der Waals surface area contributed by atoms with Crippen molar-refractivity contribution in [2.45, 2.75) is 19.3 Å². The Balaban J connectivity index is 2.46. The van der Waals surface area contributed by atoms with Gasteiger partial charge in [-0.1, -0.05) is 19.1 Å². The molecule has 1 atom stereocenters. The number of ether oxygens (including phenoxy) is 1. The van der Waals surface area contributed by atoms with Gasteiger partial charge in [-0.25, -0.2) is 4.98 Å². The molecule has 0 amide bonds. The molecule has 0 N–H and O–H groups in total. The average molecular weight is 255 g/mol. The molecule has 0 saturated carbocycles. The second-order valence-electron chi connectivity index (χ2n) is 4.38. The summed E-state index contributed by atoms with van der Waals surface area (Å²) in [6, 6.07) is 8.20. The van der Waals surface area contributed by atoms with Crippen LogP contribution in [0, 0.1) is 11.3 Å². The fourth-order valence-corrected chi connectivity index (χ4v) is 2.19. The maximum atomic E-state index is 9.43. The lowest BCUT2D eigenvalue weighted by atomic mass is 9.96. The summed E-state index contributed by atoms with van der Waals surface area (Å²) in [5, 5.41) is 9.43. The van der Waals surface area contributed by atoms with E-state index in [1.807, 2.05) is 36.0 Å². The van der Waals surface area contributed by atoms with Gasteiger partial charge in [-0.2, -0.15) is 5.26 Å². The largest absolute Gasteiger partial charge is 0.496 e. The lowest BCUT2D eigenvalue weighted by Crippen LogP contribution is -2.06. The van der Waals surface area contributed by atoms with Gasteiger partial charge in [0.2, 0.25) is 0 Å². The Morgan fingerprint density at radius 1 is 1.47 bits per heavy atom. The zero-order chi connectivity index (χ0) is 13.8. The molecule has 0 fully saturated rings. The van der Waals surface area contributed by atoms with Crippen LogP contribution >= 0.6 is 0 Å². The number of rotatable bonds is 4. The van der Waals surface area contributed by atoms with Crippen LogP contribution in [-0.4, -0.2) is 16.7 Å². The van der Waals surface area contributed by atoms with Crippen LogP contribution in [0.3, 0.4) is 0 Å². The topological polar surface area (TPSA) is 50.8 Å². The smallest absolute Gasteiger partial charge is 0.130 e. The highest BCUT2D eigenvalue weighted by atomic mass is 16.5. The Morgan fingerprint density at radius 2 is 2.26 bits per heavy atom. The Bertz CT molecular complexity index is 610. The first-order valence-electron chi connectivity index (χ1n) is 6.24. The first-order chi connectivity index (χ1) is 9.21.